The van der Waals surface area contributed by atoms with E-state index >= 15 is 0 Å². The molecule has 2 aromatic rings. The fraction of sp³-hybridized carbons (Fsp3) is 0.353. The van der Waals surface area contributed by atoms with Crippen LogP contribution in [0.1, 0.15) is 36.9 Å². The lowest BCUT2D eigenvalue weighted by Crippen LogP contribution is -2.22. The Hall–Kier alpha value is -1.39. The minimum absolute atomic E-state index is 0.148. The molecule has 1 aromatic heterocycles. The zero-order valence-electron chi connectivity index (χ0n) is 12.1. The molecular formula is C17H19BrN2O. The highest BCUT2D eigenvalue weighted by molar-refractivity contribution is 9.10. The van der Waals surface area contributed by atoms with Gasteiger partial charge in [0.1, 0.15) is 5.75 Å². The second-order valence-corrected chi connectivity index (χ2v) is 6.23. The summed E-state index contributed by atoms with van der Waals surface area (Å²) in [6.45, 7) is 3.01. The molecule has 0 saturated heterocycles. The van der Waals surface area contributed by atoms with Gasteiger partial charge in [-0.1, -0.05) is 19.1 Å². The average Bonchev–Trinajstić information content (AvgIpc) is 3.30. The first kappa shape index (κ1) is 14.5. The number of ether oxygens (including phenoxy) is 1. The normalized spacial score (nSPS) is 15.7. The summed E-state index contributed by atoms with van der Waals surface area (Å²) in [6.07, 6.45) is 6.53. The van der Waals surface area contributed by atoms with Crippen molar-refractivity contribution < 1.29 is 4.74 Å². The van der Waals surface area contributed by atoms with Crippen LogP contribution < -0.4 is 10.1 Å². The number of hydrogen-bond acceptors (Lipinski definition) is 3. The van der Waals surface area contributed by atoms with Crippen LogP contribution in [0.5, 0.6) is 5.75 Å². The van der Waals surface area contributed by atoms with Crippen molar-refractivity contribution in [2.24, 2.45) is 0 Å². The van der Waals surface area contributed by atoms with Crippen molar-refractivity contribution in [1.82, 2.24) is 10.3 Å². The third-order valence-corrected chi connectivity index (χ3v) is 3.94. The van der Waals surface area contributed by atoms with Gasteiger partial charge in [0.05, 0.1) is 12.1 Å². The minimum atomic E-state index is 0.148. The second kappa shape index (κ2) is 6.58. The molecule has 1 N–H and O–H groups in total. The molecule has 0 aliphatic heterocycles. The molecule has 1 aliphatic carbocycles. The van der Waals surface area contributed by atoms with Crippen molar-refractivity contribution in [3.05, 3.63) is 58.3 Å². The van der Waals surface area contributed by atoms with Gasteiger partial charge in [-0.05, 0) is 64.6 Å². The molecule has 21 heavy (non-hydrogen) atoms. The van der Waals surface area contributed by atoms with E-state index in [1.165, 1.54) is 18.4 Å². The number of halogens is 1. The molecule has 0 amide bonds. The summed E-state index contributed by atoms with van der Waals surface area (Å²) in [7, 11) is 0. The van der Waals surface area contributed by atoms with Crippen LogP contribution in [-0.2, 0) is 0 Å². The molecule has 110 valence electrons. The Bertz CT molecular complexity index is 596. The van der Waals surface area contributed by atoms with E-state index < -0.39 is 0 Å². The highest BCUT2D eigenvalue weighted by Gasteiger charge is 2.23. The van der Waals surface area contributed by atoms with Crippen molar-refractivity contribution in [3.8, 4) is 5.75 Å². The maximum Gasteiger partial charge on any atom is 0.119 e. The van der Waals surface area contributed by atoms with Gasteiger partial charge in [0.15, 0.2) is 0 Å². The summed E-state index contributed by atoms with van der Waals surface area (Å²) in [4.78, 5) is 4.27. The van der Waals surface area contributed by atoms with Gasteiger partial charge in [0.25, 0.3) is 0 Å². The van der Waals surface area contributed by atoms with Gasteiger partial charge in [0.2, 0.25) is 0 Å². The lowest BCUT2D eigenvalue weighted by Gasteiger charge is -2.19. The molecule has 1 atom stereocenters. The summed E-state index contributed by atoms with van der Waals surface area (Å²) < 4.78 is 6.80. The molecular weight excluding hydrogens is 328 g/mol. The molecule has 1 heterocycles. The fourth-order valence-corrected chi connectivity index (χ4v) is 2.72. The number of nitrogens with one attached hydrogen (secondary N) is 1. The van der Waals surface area contributed by atoms with Crippen molar-refractivity contribution in [2.75, 3.05) is 6.54 Å². The molecule has 3 rings (SSSR count). The molecule has 3 nitrogen and oxygen atoms in total. The van der Waals surface area contributed by atoms with Gasteiger partial charge < -0.3 is 10.1 Å². The quantitative estimate of drug-likeness (QED) is 0.855. The highest BCUT2D eigenvalue weighted by atomic mass is 79.9. The Balaban J connectivity index is 1.82. The van der Waals surface area contributed by atoms with Crippen molar-refractivity contribution >= 4 is 15.9 Å². The molecule has 4 heteroatoms. The number of rotatable bonds is 6. The van der Waals surface area contributed by atoms with Gasteiger partial charge in [-0.25, -0.2) is 0 Å². The second-order valence-electron chi connectivity index (χ2n) is 5.31. The third kappa shape index (κ3) is 3.83. The monoisotopic (exact) mass is 346 g/mol. The number of benzene rings is 1. The Labute approximate surface area is 133 Å². The van der Waals surface area contributed by atoms with Crippen LogP contribution in [0, 0.1) is 0 Å². The van der Waals surface area contributed by atoms with E-state index in [-0.39, 0.29) is 6.04 Å². The number of aromatic nitrogens is 1. The van der Waals surface area contributed by atoms with Crippen LogP contribution in [0.25, 0.3) is 0 Å². The zero-order chi connectivity index (χ0) is 14.7. The van der Waals surface area contributed by atoms with E-state index in [1.807, 2.05) is 6.20 Å². The Morgan fingerprint density at radius 1 is 1.24 bits per heavy atom. The van der Waals surface area contributed by atoms with Crippen molar-refractivity contribution in [3.63, 3.8) is 0 Å². The SMILES string of the molecule is CCNC(c1ccc(OC2CC2)cc1)c1cncc(Br)c1. The number of nitrogens with zero attached hydrogens (tertiary/aromatic N) is 1. The average molecular weight is 347 g/mol. The van der Waals surface area contributed by atoms with Gasteiger partial charge in [-0.15, -0.1) is 0 Å². The smallest absolute Gasteiger partial charge is 0.119 e. The van der Waals surface area contributed by atoms with E-state index in [4.69, 9.17) is 4.74 Å². The van der Waals surface area contributed by atoms with Gasteiger partial charge in [-0.3, -0.25) is 4.98 Å². The van der Waals surface area contributed by atoms with Crippen LogP contribution in [0.4, 0.5) is 0 Å². The molecule has 1 unspecified atom stereocenters. The Morgan fingerprint density at radius 2 is 2.00 bits per heavy atom. The Morgan fingerprint density at radius 3 is 2.62 bits per heavy atom. The van der Waals surface area contributed by atoms with Crippen molar-refractivity contribution in [1.29, 1.82) is 0 Å². The summed E-state index contributed by atoms with van der Waals surface area (Å²) in [5, 5.41) is 3.51. The van der Waals surface area contributed by atoms with Crippen molar-refractivity contribution in [2.45, 2.75) is 31.9 Å². The lowest BCUT2D eigenvalue weighted by atomic mass is 10.00. The summed E-state index contributed by atoms with van der Waals surface area (Å²) in [5.41, 5.74) is 2.38. The summed E-state index contributed by atoms with van der Waals surface area (Å²) in [6, 6.07) is 10.6. The standard InChI is InChI=1S/C17H19BrN2O/c1-2-20-17(13-9-14(18)11-19-10-13)12-3-5-15(6-4-12)21-16-7-8-16/h3-6,9-11,16-17,20H,2,7-8H2,1H3. The molecule has 1 saturated carbocycles. The molecule has 0 bridgehead atoms. The fourth-order valence-electron chi connectivity index (χ4n) is 2.34. The van der Waals surface area contributed by atoms with E-state index in [0.29, 0.717) is 6.10 Å². The van der Waals surface area contributed by atoms with E-state index in [9.17, 15) is 0 Å². The van der Waals surface area contributed by atoms with Crippen LogP contribution in [0.2, 0.25) is 0 Å². The van der Waals surface area contributed by atoms with Crippen LogP contribution in [-0.4, -0.2) is 17.6 Å². The third-order valence-electron chi connectivity index (χ3n) is 3.51. The van der Waals surface area contributed by atoms with Gasteiger partial charge in [-0.2, -0.15) is 0 Å². The predicted molar refractivity (Wildman–Crippen MR) is 87.5 cm³/mol. The molecule has 1 aliphatic rings. The number of hydrogen-bond donors (Lipinski definition) is 1. The van der Waals surface area contributed by atoms with Crippen LogP contribution >= 0.6 is 15.9 Å². The Kier molecular flexibility index (Phi) is 4.56. The van der Waals surface area contributed by atoms with Crippen LogP contribution in [0.15, 0.2) is 47.2 Å². The predicted octanol–water partition coefficient (Wildman–Crippen LogP) is 4.08. The van der Waals surface area contributed by atoms with E-state index in [0.717, 1.165) is 22.3 Å². The highest BCUT2D eigenvalue weighted by Crippen LogP contribution is 2.29. The first-order valence-corrected chi connectivity index (χ1v) is 8.16. The maximum absolute atomic E-state index is 5.80. The zero-order valence-corrected chi connectivity index (χ0v) is 13.6. The first-order chi connectivity index (χ1) is 10.3. The lowest BCUT2D eigenvalue weighted by molar-refractivity contribution is 0.303. The maximum atomic E-state index is 5.80. The summed E-state index contributed by atoms with van der Waals surface area (Å²) in [5.74, 6) is 0.962. The summed E-state index contributed by atoms with van der Waals surface area (Å²) >= 11 is 3.49. The molecule has 0 radical (unpaired) electrons. The number of pyridine rings is 1. The molecule has 0 spiro atoms. The minimum Gasteiger partial charge on any atom is -0.490 e. The molecule has 1 aromatic carbocycles. The van der Waals surface area contributed by atoms with Gasteiger partial charge >= 0.3 is 0 Å². The van der Waals surface area contributed by atoms with E-state index in [1.54, 1.807) is 6.20 Å². The van der Waals surface area contributed by atoms with Crippen LogP contribution in [0.3, 0.4) is 0 Å². The first-order valence-electron chi connectivity index (χ1n) is 7.36. The van der Waals surface area contributed by atoms with E-state index in [2.05, 4.69) is 63.5 Å². The van der Waals surface area contributed by atoms with Gasteiger partial charge in [0, 0.05) is 16.9 Å². The topological polar surface area (TPSA) is 34.1 Å². The largest absolute Gasteiger partial charge is 0.490 e. The molecule has 1 fully saturated rings.